The highest BCUT2D eigenvalue weighted by molar-refractivity contribution is 14.1. The average molecular weight is 680 g/mol. The van der Waals surface area contributed by atoms with Crippen LogP contribution >= 0.6 is 90.4 Å². The third-order valence-corrected chi connectivity index (χ3v) is 8.18. The minimum atomic E-state index is -0.296. The third kappa shape index (κ3) is 3.68. The molecule has 1 rings (SSSR count). The van der Waals surface area contributed by atoms with Crippen LogP contribution in [0.2, 0.25) is 0 Å². The van der Waals surface area contributed by atoms with Crippen molar-refractivity contribution in [2.45, 2.75) is 13.8 Å². The van der Waals surface area contributed by atoms with E-state index in [0.717, 1.165) is 25.4 Å². The zero-order chi connectivity index (χ0) is 13.3. The van der Waals surface area contributed by atoms with Gasteiger partial charge >= 0.3 is 5.97 Å². The van der Waals surface area contributed by atoms with Crippen molar-refractivity contribution in [2.24, 2.45) is 0 Å². The highest BCUT2D eigenvalue weighted by Gasteiger charge is 2.21. The molecule has 0 amide bonds. The summed E-state index contributed by atoms with van der Waals surface area (Å²) in [7, 11) is 0. The summed E-state index contributed by atoms with van der Waals surface area (Å²) >= 11 is 8.95. The highest BCUT2D eigenvalue weighted by atomic mass is 127. The molecule has 0 saturated heterocycles. The molecule has 0 aromatic heterocycles. The van der Waals surface area contributed by atoms with Gasteiger partial charge in [-0.3, -0.25) is 4.79 Å². The molecule has 0 fully saturated rings. The van der Waals surface area contributed by atoms with Gasteiger partial charge in [-0.2, -0.15) is 0 Å². The van der Waals surface area contributed by atoms with Crippen molar-refractivity contribution in [3.8, 4) is 5.75 Å². The first kappa shape index (κ1) is 16.4. The molecule has 0 heterocycles. The van der Waals surface area contributed by atoms with Gasteiger partial charge in [0.1, 0.15) is 0 Å². The Morgan fingerprint density at radius 1 is 1.00 bits per heavy atom. The molecule has 0 aliphatic heterocycles. The van der Waals surface area contributed by atoms with Crippen LogP contribution in [0, 0.1) is 14.3 Å². The van der Waals surface area contributed by atoms with E-state index in [1.807, 2.05) is 6.92 Å². The molecule has 2 nitrogen and oxygen atoms in total. The average Bonchev–Trinajstić information content (AvgIpc) is 2.21. The summed E-state index contributed by atoms with van der Waals surface area (Å²) in [6.07, 6.45) is 0. The first-order valence-corrected chi connectivity index (χ1v) is 8.79. The smallest absolute Gasteiger partial charge is 0.308 e. The van der Waals surface area contributed by atoms with Gasteiger partial charge in [-0.25, -0.2) is 0 Å². The van der Waals surface area contributed by atoms with E-state index in [-0.39, 0.29) is 5.97 Å². The van der Waals surface area contributed by atoms with Crippen molar-refractivity contribution in [3.63, 3.8) is 0 Å². The van der Waals surface area contributed by atoms with Crippen LogP contribution in [-0.4, -0.2) is 5.97 Å². The summed E-state index contributed by atoms with van der Waals surface area (Å²) in [5, 5.41) is 0. The van der Waals surface area contributed by atoms with E-state index in [2.05, 4.69) is 96.9 Å². The van der Waals surface area contributed by atoms with Gasteiger partial charge in [0.25, 0.3) is 0 Å². The molecule has 92 valence electrons. The fraction of sp³-hybridized carbons (Fsp3) is 0.182. The fourth-order valence-electron chi connectivity index (χ4n) is 1.22. The van der Waals surface area contributed by atoms with Gasteiger partial charge in [0, 0.05) is 19.6 Å². The van der Waals surface area contributed by atoms with Crippen molar-refractivity contribution in [2.75, 3.05) is 0 Å². The molecular formula is C11H8I4O2. The molecule has 0 radical (unpaired) electrons. The largest absolute Gasteiger partial charge is 0.424 e. The fourth-order valence-corrected chi connectivity index (χ4v) is 5.50. The summed E-state index contributed by atoms with van der Waals surface area (Å²) in [4.78, 5) is 11.1. The summed E-state index contributed by atoms with van der Waals surface area (Å²) in [6.45, 7) is 7.39. The number of carbonyl (C=O) groups excluding carboxylic acids is 1. The molecule has 1 aromatic rings. The molecule has 0 unspecified atom stereocenters. The second-order valence-corrected chi connectivity index (χ2v) is 7.65. The molecular weight excluding hydrogens is 672 g/mol. The normalized spacial score (nSPS) is 10.2. The lowest BCUT2D eigenvalue weighted by molar-refractivity contribution is -0.132. The maximum atomic E-state index is 11.1. The van der Waals surface area contributed by atoms with Gasteiger partial charge in [-0.1, -0.05) is 6.58 Å². The molecule has 1 aromatic carbocycles. The van der Waals surface area contributed by atoms with Gasteiger partial charge in [0.05, 0.1) is 7.14 Å². The van der Waals surface area contributed by atoms with Gasteiger partial charge in [0.2, 0.25) is 0 Å². The van der Waals surface area contributed by atoms with E-state index in [0.29, 0.717) is 5.75 Å². The number of rotatable bonds is 2. The number of carbonyl (C=O) groups is 1. The topological polar surface area (TPSA) is 26.3 Å². The van der Waals surface area contributed by atoms with Gasteiger partial charge in [-0.05, 0) is 103 Å². The van der Waals surface area contributed by atoms with E-state index >= 15 is 0 Å². The van der Waals surface area contributed by atoms with Crippen molar-refractivity contribution in [1.29, 1.82) is 0 Å². The maximum absolute atomic E-state index is 11.1. The minimum Gasteiger partial charge on any atom is -0.424 e. The number of benzene rings is 1. The molecule has 6 heteroatoms. The Kier molecular flexibility index (Phi) is 6.45. The lowest BCUT2D eigenvalue weighted by Gasteiger charge is -2.15. The van der Waals surface area contributed by atoms with E-state index in [1.54, 1.807) is 0 Å². The molecule has 0 N–H and O–H groups in total. The second-order valence-electron chi connectivity index (χ2n) is 3.33. The van der Waals surface area contributed by atoms with Crippen molar-refractivity contribution in [3.05, 3.63) is 26.4 Å². The van der Waals surface area contributed by atoms with Crippen molar-refractivity contribution < 1.29 is 9.53 Å². The van der Waals surface area contributed by atoms with Crippen LogP contribution < -0.4 is 4.74 Å². The van der Waals surface area contributed by atoms with Crippen LogP contribution in [0.15, 0.2) is 6.58 Å². The zero-order valence-corrected chi connectivity index (χ0v) is 17.7. The maximum Gasteiger partial charge on any atom is 0.308 e. The van der Waals surface area contributed by atoms with Crippen LogP contribution in [0.3, 0.4) is 0 Å². The number of allylic oxidation sites excluding steroid dienone is 1. The number of hydrogen-bond donors (Lipinski definition) is 0. The Labute approximate surface area is 155 Å². The quantitative estimate of drug-likeness (QED) is 0.189. The van der Waals surface area contributed by atoms with E-state index < -0.39 is 0 Å². The number of esters is 1. The summed E-state index contributed by atoms with van der Waals surface area (Å²) in [5.41, 5.74) is 2.15. The van der Waals surface area contributed by atoms with Crippen LogP contribution in [0.4, 0.5) is 0 Å². The Bertz CT molecular complexity index is 480. The Morgan fingerprint density at radius 3 is 1.71 bits per heavy atom. The van der Waals surface area contributed by atoms with E-state index in [1.165, 1.54) is 6.92 Å². The second kappa shape index (κ2) is 6.68. The van der Waals surface area contributed by atoms with Gasteiger partial charge in [-0.15, -0.1) is 0 Å². The molecule has 0 spiro atoms. The van der Waals surface area contributed by atoms with Crippen LogP contribution in [-0.2, 0) is 4.79 Å². The Balaban J connectivity index is 3.58. The first-order valence-electron chi connectivity index (χ1n) is 4.47. The molecule has 0 saturated carbocycles. The number of hydrogen-bond acceptors (Lipinski definition) is 2. The molecule has 0 aliphatic carbocycles. The van der Waals surface area contributed by atoms with Crippen LogP contribution in [0.25, 0.3) is 5.57 Å². The Morgan fingerprint density at radius 2 is 1.41 bits per heavy atom. The standard InChI is InChI=1S/C11H8I4O2/c1-4(2)6-7(12)9(14)11(17-5(3)16)10(15)8(6)13/h1H2,2-3H3. The van der Waals surface area contributed by atoms with Gasteiger partial charge < -0.3 is 4.74 Å². The van der Waals surface area contributed by atoms with E-state index in [9.17, 15) is 4.79 Å². The monoisotopic (exact) mass is 680 g/mol. The first-order chi connectivity index (χ1) is 7.77. The van der Waals surface area contributed by atoms with Crippen molar-refractivity contribution >= 4 is 102 Å². The lowest BCUT2D eigenvalue weighted by Crippen LogP contribution is -2.08. The van der Waals surface area contributed by atoms with Crippen LogP contribution in [0.1, 0.15) is 19.4 Å². The highest BCUT2D eigenvalue weighted by Crippen LogP contribution is 2.40. The number of ether oxygens (including phenoxy) is 1. The summed E-state index contributed by atoms with van der Waals surface area (Å²) in [6, 6.07) is 0. The Hall–Kier alpha value is 1.35. The van der Waals surface area contributed by atoms with Crippen LogP contribution in [0.5, 0.6) is 5.75 Å². The SMILES string of the molecule is C=C(C)c1c(I)c(I)c(OC(C)=O)c(I)c1I. The van der Waals surface area contributed by atoms with Gasteiger partial charge in [0.15, 0.2) is 5.75 Å². The predicted molar refractivity (Wildman–Crippen MR) is 103 cm³/mol. The lowest BCUT2D eigenvalue weighted by atomic mass is 10.1. The molecule has 17 heavy (non-hydrogen) atoms. The van der Waals surface area contributed by atoms with Crippen molar-refractivity contribution in [1.82, 2.24) is 0 Å². The minimum absolute atomic E-state index is 0.296. The van der Waals surface area contributed by atoms with E-state index in [4.69, 9.17) is 4.74 Å². The summed E-state index contributed by atoms with van der Waals surface area (Å²) in [5.74, 6) is 0.355. The predicted octanol–water partition coefficient (Wildman–Crippen LogP) is 5.06. The summed E-state index contributed by atoms with van der Waals surface area (Å²) < 4.78 is 9.36. The molecule has 0 atom stereocenters. The number of halogens is 4. The molecule has 0 bridgehead atoms. The zero-order valence-electron chi connectivity index (χ0n) is 9.04. The molecule has 0 aliphatic rings. The third-order valence-electron chi connectivity index (χ3n) is 1.90.